The maximum Gasteiger partial charge on any atom is 0.317 e. The van der Waals surface area contributed by atoms with Crippen molar-refractivity contribution < 1.29 is 4.79 Å². The van der Waals surface area contributed by atoms with Crippen molar-refractivity contribution in [2.75, 3.05) is 14.1 Å². The molecular formula is C11H14Cl2N2O. The van der Waals surface area contributed by atoms with Crippen LogP contribution in [0.15, 0.2) is 18.2 Å². The van der Waals surface area contributed by atoms with Gasteiger partial charge in [-0.3, -0.25) is 0 Å². The minimum absolute atomic E-state index is 0.153. The predicted octanol–water partition coefficient (Wildman–Crippen LogP) is 3.33. The Kier molecular flexibility index (Phi) is 4.44. The zero-order chi connectivity index (χ0) is 12.3. The number of amides is 2. The van der Waals surface area contributed by atoms with Gasteiger partial charge in [0.05, 0.1) is 6.04 Å². The van der Waals surface area contributed by atoms with Crippen molar-refractivity contribution in [1.82, 2.24) is 10.2 Å². The van der Waals surface area contributed by atoms with Gasteiger partial charge in [0.15, 0.2) is 0 Å². The van der Waals surface area contributed by atoms with Crippen LogP contribution in [-0.2, 0) is 0 Å². The number of carbonyl (C=O) groups is 1. The number of nitrogens with one attached hydrogen (secondary N) is 1. The Balaban J connectivity index is 2.80. The molecule has 0 aromatic heterocycles. The summed E-state index contributed by atoms with van der Waals surface area (Å²) in [6, 6.07) is 4.92. The Morgan fingerprint density at radius 2 is 2.00 bits per heavy atom. The van der Waals surface area contributed by atoms with E-state index in [4.69, 9.17) is 23.2 Å². The monoisotopic (exact) mass is 260 g/mol. The fourth-order valence-corrected chi connectivity index (χ4v) is 1.82. The Hall–Kier alpha value is -0.930. The van der Waals surface area contributed by atoms with E-state index in [2.05, 4.69) is 5.32 Å². The topological polar surface area (TPSA) is 32.3 Å². The van der Waals surface area contributed by atoms with Crippen molar-refractivity contribution in [3.8, 4) is 0 Å². The van der Waals surface area contributed by atoms with Gasteiger partial charge in [-0.2, -0.15) is 0 Å². The van der Waals surface area contributed by atoms with E-state index in [1.807, 2.05) is 13.0 Å². The van der Waals surface area contributed by atoms with Gasteiger partial charge in [-0.05, 0) is 24.6 Å². The van der Waals surface area contributed by atoms with Gasteiger partial charge in [-0.25, -0.2) is 4.79 Å². The summed E-state index contributed by atoms with van der Waals surface area (Å²) in [7, 11) is 3.37. The number of rotatable bonds is 2. The Labute approximate surface area is 105 Å². The van der Waals surface area contributed by atoms with E-state index >= 15 is 0 Å². The van der Waals surface area contributed by atoms with Crippen LogP contribution in [0.4, 0.5) is 4.79 Å². The second kappa shape index (κ2) is 5.41. The predicted molar refractivity (Wildman–Crippen MR) is 67.1 cm³/mol. The Bertz CT molecular complexity index is 394. The molecule has 1 N–H and O–H groups in total. The van der Waals surface area contributed by atoms with Gasteiger partial charge in [0.1, 0.15) is 0 Å². The average Bonchev–Trinajstić information content (AvgIpc) is 2.16. The van der Waals surface area contributed by atoms with Gasteiger partial charge in [0.25, 0.3) is 0 Å². The van der Waals surface area contributed by atoms with Crippen molar-refractivity contribution in [2.45, 2.75) is 13.0 Å². The molecule has 88 valence electrons. The second-order valence-corrected chi connectivity index (χ2v) is 4.58. The van der Waals surface area contributed by atoms with Gasteiger partial charge < -0.3 is 10.2 Å². The number of nitrogens with zero attached hydrogens (tertiary/aromatic N) is 1. The molecule has 1 atom stereocenters. The van der Waals surface area contributed by atoms with Crippen LogP contribution in [0.1, 0.15) is 18.5 Å². The number of halogens is 2. The number of hydrogen-bond donors (Lipinski definition) is 1. The molecule has 0 spiro atoms. The van der Waals surface area contributed by atoms with Crippen molar-refractivity contribution in [3.05, 3.63) is 33.8 Å². The first-order chi connectivity index (χ1) is 7.41. The second-order valence-electron chi connectivity index (χ2n) is 3.73. The van der Waals surface area contributed by atoms with E-state index < -0.39 is 0 Å². The van der Waals surface area contributed by atoms with E-state index in [0.717, 1.165) is 5.56 Å². The van der Waals surface area contributed by atoms with Crippen LogP contribution in [0.25, 0.3) is 0 Å². The highest BCUT2D eigenvalue weighted by atomic mass is 35.5. The van der Waals surface area contributed by atoms with Crippen molar-refractivity contribution in [1.29, 1.82) is 0 Å². The molecule has 1 aromatic carbocycles. The molecular weight excluding hydrogens is 247 g/mol. The van der Waals surface area contributed by atoms with Gasteiger partial charge in [0, 0.05) is 24.1 Å². The van der Waals surface area contributed by atoms with Crippen LogP contribution in [0.5, 0.6) is 0 Å². The number of hydrogen-bond acceptors (Lipinski definition) is 1. The molecule has 1 unspecified atom stereocenters. The summed E-state index contributed by atoms with van der Waals surface area (Å²) in [6.07, 6.45) is 0. The Morgan fingerprint density at radius 1 is 1.38 bits per heavy atom. The summed E-state index contributed by atoms with van der Waals surface area (Å²) in [4.78, 5) is 12.9. The first-order valence-corrected chi connectivity index (χ1v) is 5.60. The van der Waals surface area contributed by atoms with Gasteiger partial charge in [-0.15, -0.1) is 0 Å². The quantitative estimate of drug-likeness (QED) is 0.870. The summed E-state index contributed by atoms with van der Waals surface area (Å²) in [6.45, 7) is 1.87. The summed E-state index contributed by atoms with van der Waals surface area (Å²) in [5.74, 6) is 0. The molecule has 0 fully saturated rings. The lowest BCUT2D eigenvalue weighted by molar-refractivity contribution is 0.214. The smallest absolute Gasteiger partial charge is 0.317 e. The molecule has 0 radical (unpaired) electrons. The minimum Gasteiger partial charge on any atom is -0.331 e. The van der Waals surface area contributed by atoms with Crippen molar-refractivity contribution in [2.24, 2.45) is 0 Å². The van der Waals surface area contributed by atoms with Gasteiger partial charge >= 0.3 is 6.03 Å². The molecule has 3 nitrogen and oxygen atoms in total. The summed E-state index contributed by atoms with van der Waals surface area (Å²) in [5.41, 5.74) is 0.848. The van der Waals surface area contributed by atoms with Gasteiger partial charge in [-0.1, -0.05) is 29.3 Å². The lowest BCUT2D eigenvalue weighted by Crippen LogP contribution is -2.36. The van der Waals surface area contributed by atoms with Crippen LogP contribution in [0.2, 0.25) is 10.0 Å². The molecule has 5 heteroatoms. The highest BCUT2D eigenvalue weighted by Crippen LogP contribution is 2.25. The molecule has 0 saturated carbocycles. The van der Waals surface area contributed by atoms with E-state index in [-0.39, 0.29) is 12.1 Å². The SMILES string of the molecule is CC(NC(=O)N(C)C)c1ccc(Cl)cc1Cl. The van der Waals surface area contributed by atoms with Crippen LogP contribution in [-0.4, -0.2) is 25.0 Å². The van der Waals surface area contributed by atoms with Crippen LogP contribution >= 0.6 is 23.2 Å². The molecule has 1 rings (SSSR count). The van der Waals surface area contributed by atoms with E-state index in [0.29, 0.717) is 10.0 Å². The summed E-state index contributed by atoms with van der Waals surface area (Å²) >= 11 is 11.8. The highest BCUT2D eigenvalue weighted by Gasteiger charge is 2.13. The highest BCUT2D eigenvalue weighted by molar-refractivity contribution is 6.35. The van der Waals surface area contributed by atoms with E-state index in [1.54, 1.807) is 26.2 Å². The summed E-state index contributed by atoms with van der Waals surface area (Å²) in [5, 5.41) is 3.95. The maximum atomic E-state index is 11.5. The van der Waals surface area contributed by atoms with Gasteiger partial charge in [0.2, 0.25) is 0 Å². The third-order valence-electron chi connectivity index (χ3n) is 2.18. The molecule has 0 aliphatic rings. The third-order valence-corrected chi connectivity index (χ3v) is 2.74. The molecule has 0 aliphatic carbocycles. The largest absolute Gasteiger partial charge is 0.331 e. The fraction of sp³-hybridized carbons (Fsp3) is 0.364. The minimum atomic E-state index is -0.154. The lowest BCUT2D eigenvalue weighted by Gasteiger charge is -2.19. The molecule has 0 saturated heterocycles. The van der Waals surface area contributed by atoms with E-state index in [9.17, 15) is 4.79 Å². The molecule has 0 bridgehead atoms. The molecule has 1 aromatic rings. The van der Waals surface area contributed by atoms with E-state index in [1.165, 1.54) is 4.90 Å². The average molecular weight is 261 g/mol. The van der Waals surface area contributed by atoms with Crippen molar-refractivity contribution in [3.63, 3.8) is 0 Å². The molecule has 0 heterocycles. The molecule has 0 aliphatic heterocycles. The number of urea groups is 1. The maximum absolute atomic E-state index is 11.5. The number of benzene rings is 1. The van der Waals surface area contributed by atoms with Crippen LogP contribution < -0.4 is 5.32 Å². The Morgan fingerprint density at radius 3 is 2.50 bits per heavy atom. The summed E-state index contributed by atoms with van der Waals surface area (Å²) < 4.78 is 0. The zero-order valence-electron chi connectivity index (χ0n) is 9.42. The first-order valence-electron chi connectivity index (χ1n) is 4.84. The number of carbonyl (C=O) groups excluding carboxylic acids is 1. The lowest BCUT2D eigenvalue weighted by atomic mass is 10.1. The molecule has 16 heavy (non-hydrogen) atoms. The zero-order valence-corrected chi connectivity index (χ0v) is 10.9. The third kappa shape index (κ3) is 3.29. The normalized spacial score (nSPS) is 12.1. The standard InChI is InChI=1S/C11H14Cl2N2O/c1-7(14-11(16)15(2)3)9-5-4-8(12)6-10(9)13/h4-7H,1-3H3,(H,14,16). The van der Waals surface area contributed by atoms with Crippen molar-refractivity contribution >= 4 is 29.2 Å². The fourth-order valence-electron chi connectivity index (χ4n) is 1.24. The van der Waals surface area contributed by atoms with Crippen LogP contribution in [0.3, 0.4) is 0 Å². The first kappa shape index (κ1) is 13.1. The van der Waals surface area contributed by atoms with Crippen LogP contribution in [0, 0.1) is 0 Å². The molecule has 2 amide bonds.